The number of benzene rings is 3. The number of nitrogens with one attached hydrogen (secondary N) is 2. The topological polar surface area (TPSA) is 79.9 Å². The van der Waals surface area contributed by atoms with E-state index in [4.69, 9.17) is 9.47 Å². The second-order valence-electron chi connectivity index (χ2n) is 8.00. The predicted molar refractivity (Wildman–Crippen MR) is 141 cm³/mol. The summed E-state index contributed by atoms with van der Waals surface area (Å²) >= 11 is 1.32. The lowest BCUT2D eigenvalue weighted by Gasteiger charge is -2.25. The maximum Gasteiger partial charge on any atom is 0.252 e. The minimum Gasteiger partial charge on any atom is -0.493 e. The molecule has 3 aromatic carbocycles. The number of methoxy groups -OCH3 is 2. The van der Waals surface area contributed by atoms with E-state index in [1.165, 1.54) is 11.8 Å². The zero-order chi connectivity index (χ0) is 25.2. The highest BCUT2D eigenvalue weighted by Gasteiger charge is 2.18. The minimum absolute atomic E-state index is 0.0484. The van der Waals surface area contributed by atoms with E-state index >= 15 is 0 Å². The maximum absolute atomic E-state index is 13.0. The van der Waals surface area contributed by atoms with Crippen molar-refractivity contribution in [3.8, 4) is 11.5 Å². The van der Waals surface area contributed by atoms with Crippen LogP contribution >= 0.6 is 11.8 Å². The highest BCUT2D eigenvalue weighted by Crippen LogP contribution is 2.30. The molecule has 0 radical (unpaired) electrons. The van der Waals surface area contributed by atoms with Crippen molar-refractivity contribution in [2.75, 3.05) is 45.9 Å². The molecule has 0 saturated heterocycles. The van der Waals surface area contributed by atoms with Gasteiger partial charge in [-0.2, -0.15) is 0 Å². The molecule has 3 rings (SSSR count). The molecule has 0 aliphatic carbocycles. The van der Waals surface area contributed by atoms with Crippen LogP contribution in [0.15, 0.2) is 77.7 Å². The van der Waals surface area contributed by atoms with Gasteiger partial charge in [0.05, 0.1) is 31.6 Å². The molecule has 0 aliphatic rings. The molecule has 2 amide bonds. The van der Waals surface area contributed by atoms with E-state index in [0.717, 1.165) is 10.5 Å². The molecule has 2 N–H and O–H groups in total. The molecular weight excluding hydrogens is 462 g/mol. The number of anilines is 1. The highest BCUT2D eigenvalue weighted by atomic mass is 32.2. The Labute approximate surface area is 210 Å². The number of thioether (sulfide) groups is 1. The SMILES string of the molecule is COc1ccc(NC(=O)CSc2ccccc2C(=O)NCC(c2ccccc2)N(C)C)cc1OC. The quantitative estimate of drug-likeness (QED) is 0.384. The summed E-state index contributed by atoms with van der Waals surface area (Å²) in [5, 5.41) is 5.91. The Morgan fingerprint density at radius 3 is 2.29 bits per heavy atom. The normalized spacial score (nSPS) is 11.6. The van der Waals surface area contributed by atoms with Crippen LogP contribution in [0.2, 0.25) is 0 Å². The first kappa shape index (κ1) is 26.1. The standard InChI is InChI=1S/C27H31N3O4S/c1-30(2)22(19-10-6-5-7-11-19)17-28-27(32)21-12-8-9-13-25(21)35-18-26(31)29-20-14-15-23(33-3)24(16-20)34-4/h5-16,22H,17-18H2,1-4H3,(H,28,32)(H,29,31). The van der Waals surface area contributed by atoms with Crippen LogP contribution in [0.1, 0.15) is 22.0 Å². The van der Waals surface area contributed by atoms with Crippen molar-refractivity contribution in [2.45, 2.75) is 10.9 Å². The van der Waals surface area contributed by atoms with Crippen molar-refractivity contribution in [2.24, 2.45) is 0 Å². The molecule has 0 bridgehead atoms. The van der Waals surface area contributed by atoms with Crippen LogP contribution in [-0.4, -0.2) is 57.3 Å². The number of ether oxygens (including phenoxy) is 2. The average molecular weight is 494 g/mol. The minimum atomic E-state index is -0.186. The number of rotatable bonds is 11. The van der Waals surface area contributed by atoms with Crippen LogP contribution in [0.5, 0.6) is 11.5 Å². The monoisotopic (exact) mass is 493 g/mol. The zero-order valence-electron chi connectivity index (χ0n) is 20.4. The summed E-state index contributed by atoms with van der Waals surface area (Å²) < 4.78 is 10.5. The van der Waals surface area contributed by atoms with Gasteiger partial charge in [-0.1, -0.05) is 42.5 Å². The van der Waals surface area contributed by atoms with Gasteiger partial charge in [0, 0.05) is 23.2 Å². The van der Waals surface area contributed by atoms with Crippen LogP contribution < -0.4 is 20.1 Å². The van der Waals surface area contributed by atoms with Crippen molar-refractivity contribution >= 4 is 29.3 Å². The van der Waals surface area contributed by atoms with Gasteiger partial charge in [0.1, 0.15) is 0 Å². The fourth-order valence-electron chi connectivity index (χ4n) is 3.59. The Hall–Kier alpha value is -3.49. The number of carbonyl (C=O) groups excluding carboxylic acids is 2. The fourth-order valence-corrected chi connectivity index (χ4v) is 4.44. The number of hydrogen-bond acceptors (Lipinski definition) is 6. The van der Waals surface area contributed by atoms with E-state index < -0.39 is 0 Å². The zero-order valence-corrected chi connectivity index (χ0v) is 21.2. The Morgan fingerprint density at radius 1 is 0.914 bits per heavy atom. The van der Waals surface area contributed by atoms with Crippen LogP contribution in [0.4, 0.5) is 5.69 Å². The first-order chi connectivity index (χ1) is 16.9. The Bertz CT molecular complexity index is 1140. The maximum atomic E-state index is 13.0. The first-order valence-corrected chi connectivity index (χ1v) is 12.1. The smallest absolute Gasteiger partial charge is 0.252 e. The molecule has 1 unspecified atom stereocenters. The molecule has 184 valence electrons. The van der Waals surface area contributed by atoms with Crippen molar-refractivity contribution < 1.29 is 19.1 Å². The predicted octanol–water partition coefficient (Wildman–Crippen LogP) is 4.47. The van der Waals surface area contributed by atoms with E-state index in [0.29, 0.717) is 29.3 Å². The number of likely N-dealkylation sites (N-methyl/N-ethyl adjacent to an activating group) is 1. The molecule has 0 aliphatic heterocycles. The molecule has 0 saturated carbocycles. The molecular formula is C27H31N3O4S. The van der Waals surface area contributed by atoms with Gasteiger partial charge in [-0.15, -0.1) is 11.8 Å². The van der Waals surface area contributed by atoms with Gasteiger partial charge in [-0.05, 0) is 43.9 Å². The molecule has 0 fully saturated rings. The van der Waals surface area contributed by atoms with Gasteiger partial charge < -0.3 is 25.0 Å². The summed E-state index contributed by atoms with van der Waals surface area (Å²) in [6.45, 7) is 0.467. The second kappa shape index (κ2) is 12.8. The third-order valence-electron chi connectivity index (χ3n) is 5.42. The van der Waals surface area contributed by atoms with Gasteiger partial charge >= 0.3 is 0 Å². The van der Waals surface area contributed by atoms with Crippen molar-refractivity contribution in [1.29, 1.82) is 0 Å². The van der Waals surface area contributed by atoms with E-state index in [-0.39, 0.29) is 23.6 Å². The summed E-state index contributed by atoms with van der Waals surface area (Å²) in [5.74, 6) is 0.920. The summed E-state index contributed by atoms with van der Waals surface area (Å²) in [6.07, 6.45) is 0. The Morgan fingerprint density at radius 2 is 1.60 bits per heavy atom. The number of carbonyl (C=O) groups is 2. The lowest BCUT2D eigenvalue weighted by molar-refractivity contribution is -0.113. The third-order valence-corrected chi connectivity index (χ3v) is 6.49. The van der Waals surface area contributed by atoms with E-state index in [1.54, 1.807) is 38.5 Å². The van der Waals surface area contributed by atoms with Crippen molar-refractivity contribution in [3.63, 3.8) is 0 Å². The molecule has 8 heteroatoms. The molecule has 35 heavy (non-hydrogen) atoms. The Kier molecular flexibility index (Phi) is 9.57. The molecule has 3 aromatic rings. The summed E-state index contributed by atoms with van der Waals surface area (Å²) in [4.78, 5) is 28.4. The van der Waals surface area contributed by atoms with Crippen molar-refractivity contribution in [3.05, 3.63) is 83.9 Å². The van der Waals surface area contributed by atoms with Crippen LogP contribution in [0.25, 0.3) is 0 Å². The highest BCUT2D eigenvalue weighted by molar-refractivity contribution is 8.00. The largest absolute Gasteiger partial charge is 0.493 e. The summed E-state index contributed by atoms with van der Waals surface area (Å²) in [6, 6.07) is 22.6. The van der Waals surface area contributed by atoms with E-state index in [2.05, 4.69) is 27.7 Å². The van der Waals surface area contributed by atoms with Gasteiger partial charge in [-0.3, -0.25) is 9.59 Å². The molecule has 0 heterocycles. The van der Waals surface area contributed by atoms with Gasteiger partial charge in [0.2, 0.25) is 5.91 Å². The van der Waals surface area contributed by atoms with Gasteiger partial charge in [0.25, 0.3) is 5.91 Å². The van der Waals surface area contributed by atoms with Crippen LogP contribution in [0, 0.1) is 0 Å². The van der Waals surface area contributed by atoms with Gasteiger partial charge in [-0.25, -0.2) is 0 Å². The fraction of sp³-hybridized carbons (Fsp3) is 0.259. The molecule has 0 spiro atoms. The third kappa shape index (κ3) is 7.24. The lowest BCUT2D eigenvalue weighted by atomic mass is 10.1. The number of hydrogen-bond donors (Lipinski definition) is 2. The van der Waals surface area contributed by atoms with Gasteiger partial charge in [0.15, 0.2) is 11.5 Å². The van der Waals surface area contributed by atoms with Crippen molar-refractivity contribution in [1.82, 2.24) is 10.2 Å². The van der Waals surface area contributed by atoms with E-state index in [1.807, 2.05) is 50.5 Å². The lowest BCUT2D eigenvalue weighted by Crippen LogP contribution is -2.34. The Balaban J connectivity index is 1.61. The molecule has 0 aromatic heterocycles. The van der Waals surface area contributed by atoms with E-state index in [9.17, 15) is 9.59 Å². The van der Waals surface area contributed by atoms with Crippen LogP contribution in [0.3, 0.4) is 0 Å². The summed E-state index contributed by atoms with van der Waals surface area (Å²) in [5.41, 5.74) is 2.28. The second-order valence-corrected chi connectivity index (χ2v) is 9.02. The summed E-state index contributed by atoms with van der Waals surface area (Å²) in [7, 11) is 7.08. The number of nitrogens with zero attached hydrogens (tertiary/aromatic N) is 1. The molecule has 1 atom stereocenters. The average Bonchev–Trinajstić information content (AvgIpc) is 2.88. The van der Waals surface area contributed by atoms with Crippen LogP contribution in [-0.2, 0) is 4.79 Å². The first-order valence-electron chi connectivity index (χ1n) is 11.2. The molecule has 7 nitrogen and oxygen atoms in total. The number of amides is 2.